The van der Waals surface area contributed by atoms with Crippen LogP contribution in [0.5, 0.6) is 0 Å². The van der Waals surface area contributed by atoms with Gasteiger partial charge >= 0.3 is 5.97 Å². The van der Waals surface area contributed by atoms with Crippen molar-refractivity contribution in [3.63, 3.8) is 0 Å². The lowest BCUT2D eigenvalue weighted by molar-refractivity contribution is -0.139. The fourth-order valence-corrected chi connectivity index (χ4v) is 1.74. The van der Waals surface area contributed by atoms with Crippen LogP contribution in [0.25, 0.3) is 0 Å². The number of ether oxygens (including phenoxy) is 3. The second-order valence-electron chi connectivity index (χ2n) is 4.30. The monoisotopic (exact) mass is 281 g/mol. The molecule has 20 heavy (non-hydrogen) atoms. The van der Waals surface area contributed by atoms with Gasteiger partial charge in [-0.1, -0.05) is 24.3 Å². The number of benzene rings is 1. The van der Waals surface area contributed by atoms with E-state index in [1.165, 1.54) is 7.11 Å². The van der Waals surface area contributed by atoms with E-state index >= 15 is 0 Å². The third kappa shape index (κ3) is 6.65. The van der Waals surface area contributed by atoms with E-state index in [4.69, 9.17) is 14.2 Å². The maximum atomic E-state index is 11.3. The number of methoxy groups -OCH3 is 2. The molecule has 1 aromatic rings. The number of esters is 1. The third-order valence-corrected chi connectivity index (χ3v) is 2.85. The molecule has 112 valence electrons. The molecule has 0 radical (unpaired) electrons. The van der Waals surface area contributed by atoms with Crippen LogP contribution in [0.15, 0.2) is 24.3 Å². The van der Waals surface area contributed by atoms with Crippen molar-refractivity contribution in [2.45, 2.75) is 13.0 Å². The first-order valence-electron chi connectivity index (χ1n) is 6.69. The molecule has 0 atom stereocenters. The van der Waals surface area contributed by atoms with Gasteiger partial charge in [-0.3, -0.25) is 4.79 Å². The first-order chi connectivity index (χ1) is 9.77. The maximum absolute atomic E-state index is 11.3. The van der Waals surface area contributed by atoms with Gasteiger partial charge in [-0.15, -0.1) is 0 Å². The molecule has 0 spiro atoms. The zero-order valence-electron chi connectivity index (χ0n) is 12.2. The molecule has 0 saturated heterocycles. The average molecular weight is 281 g/mol. The van der Waals surface area contributed by atoms with Gasteiger partial charge in [-0.2, -0.15) is 0 Å². The van der Waals surface area contributed by atoms with Crippen LogP contribution in [0.2, 0.25) is 0 Å². The fraction of sp³-hybridized carbons (Fsp3) is 0.533. The van der Waals surface area contributed by atoms with Crippen LogP contribution in [-0.2, 0) is 32.0 Å². The first-order valence-corrected chi connectivity index (χ1v) is 6.69. The Hall–Kier alpha value is -1.43. The van der Waals surface area contributed by atoms with Gasteiger partial charge in [0.1, 0.15) is 0 Å². The van der Waals surface area contributed by atoms with Gasteiger partial charge in [0.2, 0.25) is 0 Å². The van der Waals surface area contributed by atoms with E-state index in [2.05, 4.69) is 5.32 Å². The minimum absolute atomic E-state index is 0.222. The average Bonchev–Trinajstić information content (AvgIpc) is 2.47. The summed E-state index contributed by atoms with van der Waals surface area (Å²) in [5.41, 5.74) is 2.10. The van der Waals surface area contributed by atoms with Gasteiger partial charge in [0.05, 0.1) is 33.4 Å². The number of nitrogens with one attached hydrogen (secondary N) is 1. The molecule has 1 N–H and O–H groups in total. The SMILES string of the molecule is COCCOCCNCc1ccccc1CC(=O)OC. The molecular weight excluding hydrogens is 258 g/mol. The zero-order valence-corrected chi connectivity index (χ0v) is 12.2. The van der Waals surface area contributed by atoms with Crippen molar-refractivity contribution >= 4 is 5.97 Å². The van der Waals surface area contributed by atoms with Crippen molar-refractivity contribution < 1.29 is 19.0 Å². The summed E-state index contributed by atoms with van der Waals surface area (Å²) in [6.07, 6.45) is 0.304. The first kappa shape index (κ1) is 16.6. The van der Waals surface area contributed by atoms with Crippen molar-refractivity contribution in [2.24, 2.45) is 0 Å². The molecule has 0 amide bonds. The molecule has 0 unspecified atom stereocenters. The molecule has 0 aromatic heterocycles. The van der Waals surface area contributed by atoms with Crippen LogP contribution in [0.4, 0.5) is 0 Å². The van der Waals surface area contributed by atoms with Gasteiger partial charge in [0.15, 0.2) is 0 Å². The standard InChI is InChI=1S/C15H23NO4/c1-18-9-10-20-8-7-16-12-14-6-4-3-5-13(14)11-15(17)19-2/h3-6,16H,7-12H2,1-2H3. The Morgan fingerprint density at radius 2 is 1.85 bits per heavy atom. The molecule has 0 saturated carbocycles. The normalized spacial score (nSPS) is 10.5. The number of carbonyl (C=O) groups excluding carboxylic acids is 1. The highest BCUT2D eigenvalue weighted by Gasteiger charge is 2.07. The van der Waals surface area contributed by atoms with Gasteiger partial charge in [-0.25, -0.2) is 0 Å². The van der Waals surface area contributed by atoms with E-state index in [0.29, 0.717) is 32.8 Å². The quantitative estimate of drug-likeness (QED) is 0.515. The molecule has 5 nitrogen and oxygen atoms in total. The minimum Gasteiger partial charge on any atom is -0.469 e. The Balaban J connectivity index is 2.30. The largest absolute Gasteiger partial charge is 0.469 e. The Bertz CT molecular complexity index is 395. The summed E-state index contributed by atoms with van der Waals surface area (Å²) in [5, 5.41) is 3.29. The lowest BCUT2D eigenvalue weighted by atomic mass is 10.0. The molecule has 5 heteroatoms. The molecule has 0 aliphatic heterocycles. The highest BCUT2D eigenvalue weighted by atomic mass is 16.5. The molecule has 0 bridgehead atoms. The van der Waals surface area contributed by atoms with Crippen LogP contribution in [0.1, 0.15) is 11.1 Å². The molecule has 0 heterocycles. The number of hydrogen-bond donors (Lipinski definition) is 1. The predicted molar refractivity (Wildman–Crippen MR) is 76.6 cm³/mol. The van der Waals surface area contributed by atoms with E-state index < -0.39 is 0 Å². The summed E-state index contributed by atoms with van der Waals surface area (Å²) >= 11 is 0. The lowest BCUT2D eigenvalue weighted by Crippen LogP contribution is -2.21. The Morgan fingerprint density at radius 3 is 2.55 bits per heavy atom. The molecule has 0 aliphatic rings. The van der Waals surface area contributed by atoms with Crippen LogP contribution >= 0.6 is 0 Å². The van der Waals surface area contributed by atoms with E-state index in [0.717, 1.165) is 17.7 Å². The summed E-state index contributed by atoms with van der Waals surface area (Å²) in [4.78, 5) is 11.3. The van der Waals surface area contributed by atoms with Gasteiger partial charge in [0.25, 0.3) is 0 Å². The third-order valence-electron chi connectivity index (χ3n) is 2.85. The molecule has 0 aliphatic carbocycles. The zero-order chi connectivity index (χ0) is 14.6. The number of rotatable bonds is 10. The fourth-order valence-electron chi connectivity index (χ4n) is 1.74. The van der Waals surface area contributed by atoms with Gasteiger partial charge < -0.3 is 19.5 Å². The van der Waals surface area contributed by atoms with Crippen LogP contribution in [-0.4, -0.2) is 46.6 Å². The summed E-state index contributed by atoms with van der Waals surface area (Å²) < 4.78 is 15.0. The van der Waals surface area contributed by atoms with Crippen molar-refractivity contribution in [1.29, 1.82) is 0 Å². The summed E-state index contributed by atoms with van der Waals surface area (Å²) in [5.74, 6) is -0.222. The van der Waals surface area contributed by atoms with Gasteiger partial charge in [-0.05, 0) is 11.1 Å². The lowest BCUT2D eigenvalue weighted by Gasteiger charge is -2.10. The van der Waals surface area contributed by atoms with Gasteiger partial charge in [0, 0.05) is 20.2 Å². The molecule has 0 fully saturated rings. The topological polar surface area (TPSA) is 56.8 Å². The smallest absolute Gasteiger partial charge is 0.309 e. The summed E-state index contributed by atoms with van der Waals surface area (Å²) in [6, 6.07) is 7.85. The van der Waals surface area contributed by atoms with Crippen LogP contribution in [0, 0.1) is 0 Å². The van der Waals surface area contributed by atoms with Crippen LogP contribution in [0.3, 0.4) is 0 Å². The van der Waals surface area contributed by atoms with Crippen molar-refractivity contribution in [3.8, 4) is 0 Å². The molecular formula is C15H23NO4. The predicted octanol–water partition coefficient (Wildman–Crippen LogP) is 1.15. The van der Waals surface area contributed by atoms with Crippen molar-refractivity contribution in [3.05, 3.63) is 35.4 Å². The molecule has 1 aromatic carbocycles. The highest BCUT2D eigenvalue weighted by Crippen LogP contribution is 2.09. The molecule has 1 rings (SSSR count). The maximum Gasteiger partial charge on any atom is 0.309 e. The summed E-state index contributed by atoms with van der Waals surface area (Å²) in [7, 11) is 3.06. The number of carbonyl (C=O) groups is 1. The van der Waals surface area contributed by atoms with E-state index in [1.54, 1.807) is 7.11 Å². The Morgan fingerprint density at radius 1 is 1.10 bits per heavy atom. The highest BCUT2D eigenvalue weighted by molar-refractivity contribution is 5.72. The Kier molecular flexibility index (Phi) is 8.62. The number of hydrogen-bond acceptors (Lipinski definition) is 5. The minimum atomic E-state index is -0.222. The van der Waals surface area contributed by atoms with E-state index in [9.17, 15) is 4.79 Å². The second-order valence-corrected chi connectivity index (χ2v) is 4.30. The van der Waals surface area contributed by atoms with E-state index in [-0.39, 0.29) is 5.97 Å². The van der Waals surface area contributed by atoms with Crippen molar-refractivity contribution in [1.82, 2.24) is 5.32 Å². The Labute approximate surface area is 120 Å². The second kappa shape index (κ2) is 10.4. The van der Waals surface area contributed by atoms with Crippen LogP contribution < -0.4 is 5.32 Å². The van der Waals surface area contributed by atoms with E-state index in [1.807, 2.05) is 24.3 Å². The summed E-state index contributed by atoms with van der Waals surface area (Å²) in [6.45, 7) is 3.33. The van der Waals surface area contributed by atoms with Crippen molar-refractivity contribution in [2.75, 3.05) is 40.6 Å².